The lowest BCUT2D eigenvalue weighted by Crippen LogP contribution is -2.36. The first-order valence-corrected chi connectivity index (χ1v) is 8.54. The largest absolute Gasteiger partial charge is 0.365 e. The molecule has 0 saturated carbocycles. The van der Waals surface area contributed by atoms with Crippen molar-refractivity contribution in [1.82, 2.24) is 14.8 Å². The summed E-state index contributed by atoms with van der Waals surface area (Å²) < 4.78 is 1.10. The van der Waals surface area contributed by atoms with Gasteiger partial charge in [-0.15, -0.1) is 0 Å². The third-order valence-electron chi connectivity index (χ3n) is 3.90. The Hall–Kier alpha value is -2.99. The highest BCUT2D eigenvalue weighted by molar-refractivity contribution is 6.33. The lowest BCUT2D eigenvalue weighted by Gasteiger charge is -2.17. The average Bonchev–Trinajstić information content (AvgIpc) is 2.66. The van der Waals surface area contributed by atoms with E-state index in [1.165, 1.54) is 6.20 Å². The molecule has 1 aromatic heterocycles. The lowest BCUT2D eigenvalue weighted by atomic mass is 10.2. The molecule has 132 valence electrons. The van der Waals surface area contributed by atoms with E-state index in [2.05, 4.69) is 15.4 Å². The van der Waals surface area contributed by atoms with Gasteiger partial charge in [0, 0.05) is 5.56 Å². The van der Waals surface area contributed by atoms with E-state index in [4.69, 9.17) is 11.6 Å². The first-order chi connectivity index (χ1) is 12.6. The van der Waals surface area contributed by atoms with Crippen LogP contribution < -0.4 is 11.0 Å². The fourth-order valence-corrected chi connectivity index (χ4v) is 2.74. The predicted octanol–water partition coefficient (Wildman–Crippen LogP) is 3.55. The number of amides is 1. The van der Waals surface area contributed by atoms with Crippen LogP contribution in [0.2, 0.25) is 5.02 Å². The number of benzene rings is 2. The Bertz CT molecular complexity index is 973. The topological polar surface area (TPSA) is 76.9 Å². The molecule has 0 radical (unpaired) electrons. The maximum Gasteiger partial charge on any atom is 0.365 e. The summed E-state index contributed by atoms with van der Waals surface area (Å²) in [5.41, 5.74) is 1.16. The molecular weight excluding hydrogens is 352 g/mol. The molecule has 0 bridgehead atoms. The van der Waals surface area contributed by atoms with Crippen LogP contribution in [0.25, 0.3) is 11.3 Å². The second-order valence-electron chi connectivity index (χ2n) is 5.63. The molecule has 1 heterocycles. The van der Waals surface area contributed by atoms with Gasteiger partial charge < -0.3 is 5.32 Å². The molecule has 0 fully saturated rings. The molecule has 0 aliphatic heterocycles. The summed E-state index contributed by atoms with van der Waals surface area (Å²) in [6, 6.07) is 15.4. The van der Waals surface area contributed by atoms with Gasteiger partial charge in [0.15, 0.2) is 0 Å². The number of nitrogens with zero attached hydrogens (tertiary/aromatic N) is 3. The van der Waals surface area contributed by atoms with E-state index >= 15 is 0 Å². The summed E-state index contributed by atoms with van der Waals surface area (Å²) in [5, 5.41) is 7.32. The van der Waals surface area contributed by atoms with Gasteiger partial charge >= 0.3 is 5.69 Å². The smallest absolute Gasteiger partial charge is 0.323 e. The Morgan fingerprint density at radius 3 is 2.50 bits per heavy atom. The predicted molar refractivity (Wildman–Crippen MR) is 101 cm³/mol. The third kappa shape index (κ3) is 3.81. The van der Waals surface area contributed by atoms with Crippen LogP contribution in [-0.2, 0) is 4.79 Å². The van der Waals surface area contributed by atoms with Crippen molar-refractivity contribution in [2.45, 2.75) is 19.4 Å². The molecule has 0 aliphatic rings. The van der Waals surface area contributed by atoms with Crippen molar-refractivity contribution in [2.75, 3.05) is 5.32 Å². The quantitative estimate of drug-likeness (QED) is 0.747. The number of para-hydroxylation sites is 1. The molecule has 1 N–H and O–H groups in total. The van der Waals surface area contributed by atoms with Crippen LogP contribution >= 0.6 is 11.6 Å². The van der Waals surface area contributed by atoms with E-state index in [1.807, 2.05) is 30.3 Å². The van der Waals surface area contributed by atoms with Crippen LogP contribution in [0.4, 0.5) is 5.69 Å². The summed E-state index contributed by atoms with van der Waals surface area (Å²) in [6.07, 6.45) is 1.87. The normalized spacial score (nSPS) is 11.8. The molecule has 0 aliphatic carbocycles. The van der Waals surface area contributed by atoms with Crippen molar-refractivity contribution in [3.63, 3.8) is 0 Å². The molecule has 6 nitrogen and oxygen atoms in total. The minimum absolute atomic E-state index is 0.371. The maximum atomic E-state index is 12.6. The molecule has 2 aromatic carbocycles. The van der Waals surface area contributed by atoms with Crippen LogP contribution in [-0.4, -0.2) is 20.7 Å². The van der Waals surface area contributed by atoms with Crippen molar-refractivity contribution in [1.29, 1.82) is 0 Å². The number of aromatic nitrogens is 3. The van der Waals surface area contributed by atoms with E-state index in [0.717, 1.165) is 10.2 Å². The van der Waals surface area contributed by atoms with Gasteiger partial charge in [-0.1, -0.05) is 61.0 Å². The lowest BCUT2D eigenvalue weighted by molar-refractivity contribution is -0.119. The number of rotatable bonds is 5. The SMILES string of the molecule is CC[C@H](C(=O)Nc1ccccc1Cl)n1ncc(-c2ccccc2)nc1=O. The van der Waals surface area contributed by atoms with Crippen LogP contribution in [0, 0.1) is 0 Å². The monoisotopic (exact) mass is 368 g/mol. The Balaban J connectivity index is 1.87. The van der Waals surface area contributed by atoms with Crippen molar-refractivity contribution in [2.24, 2.45) is 0 Å². The highest BCUT2D eigenvalue weighted by Crippen LogP contribution is 2.22. The van der Waals surface area contributed by atoms with Gasteiger partial charge in [-0.3, -0.25) is 4.79 Å². The van der Waals surface area contributed by atoms with Gasteiger partial charge in [0.25, 0.3) is 0 Å². The van der Waals surface area contributed by atoms with Gasteiger partial charge in [-0.05, 0) is 18.6 Å². The minimum Gasteiger partial charge on any atom is -0.323 e. The fourth-order valence-electron chi connectivity index (χ4n) is 2.56. The molecule has 3 rings (SSSR count). The molecule has 0 saturated heterocycles. The van der Waals surface area contributed by atoms with Gasteiger partial charge in [0.2, 0.25) is 5.91 Å². The van der Waals surface area contributed by atoms with Crippen molar-refractivity contribution >= 4 is 23.2 Å². The zero-order chi connectivity index (χ0) is 18.5. The van der Waals surface area contributed by atoms with E-state index in [-0.39, 0.29) is 5.91 Å². The first kappa shape index (κ1) is 17.8. The Labute approximate surface area is 155 Å². The van der Waals surface area contributed by atoms with Gasteiger partial charge in [0.05, 0.1) is 22.6 Å². The van der Waals surface area contributed by atoms with Crippen LogP contribution in [0.15, 0.2) is 65.6 Å². The van der Waals surface area contributed by atoms with Gasteiger partial charge in [-0.2, -0.15) is 10.1 Å². The molecule has 0 unspecified atom stereocenters. The first-order valence-electron chi connectivity index (χ1n) is 8.17. The van der Waals surface area contributed by atoms with Crippen LogP contribution in [0.3, 0.4) is 0 Å². The molecule has 26 heavy (non-hydrogen) atoms. The zero-order valence-electron chi connectivity index (χ0n) is 14.1. The Morgan fingerprint density at radius 1 is 1.15 bits per heavy atom. The molecule has 1 amide bonds. The van der Waals surface area contributed by atoms with Gasteiger partial charge in [-0.25, -0.2) is 9.48 Å². The number of hydrogen-bond donors (Lipinski definition) is 1. The summed E-state index contributed by atoms with van der Waals surface area (Å²) in [5.74, 6) is -0.371. The van der Waals surface area contributed by atoms with Crippen molar-refractivity contribution < 1.29 is 4.79 Å². The zero-order valence-corrected chi connectivity index (χ0v) is 14.8. The fraction of sp³-hybridized carbons (Fsp3) is 0.158. The number of anilines is 1. The molecule has 3 aromatic rings. The molecular formula is C19H17ClN4O2. The van der Waals surface area contributed by atoms with E-state index in [9.17, 15) is 9.59 Å². The standard InChI is InChI=1S/C19H17ClN4O2/c1-2-17(18(25)22-15-11-7-6-10-14(15)20)24-19(26)23-16(12-21-24)13-8-4-3-5-9-13/h3-12,17H,2H2,1H3,(H,22,25)/t17-/m1/s1. The van der Waals surface area contributed by atoms with Crippen LogP contribution in [0.1, 0.15) is 19.4 Å². The number of hydrogen-bond acceptors (Lipinski definition) is 4. The second-order valence-corrected chi connectivity index (χ2v) is 6.04. The molecule has 0 spiro atoms. The van der Waals surface area contributed by atoms with Gasteiger partial charge in [0.1, 0.15) is 6.04 Å². The van der Waals surface area contributed by atoms with E-state index in [1.54, 1.807) is 31.2 Å². The number of carbonyl (C=O) groups is 1. The molecule has 7 heteroatoms. The summed E-state index contributed by atoms with van der Waals surface area (Å²) in [7, 11) is 0. The summed E-state index contributed by atoms with van der Waals surface area (Å²) >= 11 is 6.07. The van der Waals surface area contributed by atoms with Crippen molar-refractivity contribution in [3.05, 3.63) is 76.3 Å². The summed E-state index contributed by atoms with van der Waals surface area (Å²) in [6.45, 7) is 1.80. The van der Waals surface area contributed by atoms with E-state index in [0.29, 0.717) is 22.8 Å². The number of nitrogens with one attached hydrogen (secondary N) is 1. The summed E-state index contributed by atoms with van der Waals surface area (Å²) in [4.78, 5) is 29.1. The maximum absolute atomic E-state index is 12.6. The van der Waals surface area contributed by atoms with Crippen molar-refractivity contribution in [3.8, 4) is 11.3 Å². The molecule has 1 atom stereocenters. The second kappa shape index (κ2) is 7.93. The third-order valence-corrected chi connectivity index (χ3v) is 4.23. The highest BCUT2D eigenvalue weighted by atomic mass is 35.5. The minimum atomic E-state index is -0.781. The Morgan fingerprint density at radius 2 is 1.85 bits per heavy atom. The Kier molecular flexibility index (Phi) is 5.43. The van der Waals surface area contributed by atoms with E-state index < -0.39 is 11.7 Å². The van der Waals surface area contributed by atoms with Crippen LogP contribution in [0.5, 0.6) is 0 Å². The number of carbonyl (C=O) groups excluding carboxylic acids is 1. The number of halogens is 1. The average molecular weight is 369 g/mol. The highest BCUT2D eigenvalue weighted by Gasteiger charge is 2.22.